The molecule has 1 aromatic heterocycles. The van der Waals surface area contributed by atoms with Crippen molar-refractivity contribution in [3.05, 3.63) is 11.9 Å². The van der Waals surface area contributed by atoms with Gasteiger partial charge in [0.15, 0.2) is 0 Å². The van der Waals surface area contributed by atoms with Crippen molar-refractivity contribution in [2.24, 2.45) is 5.92 Å². The van der Waals surface area contributed by atoms with Crippen molar-refractivity contribution < 1.29 is 13.2 Å². The molecule has 0 bridgehead atoms. The first-order valence-electron chi connectivity index (χ1n) is 5.74. The molecule has 0 aromatic carbocycles. The van der Waals surface area contributed by atoms with Crippen molar-refractivity contribution in [2.45, 2.75) is 26.4 Å². The van der Waals surface area contributed by atoms with Crippen LogP contribution in [0.2, 0.25) is 0 Å². The van der Waals surface area contributed by atoms with Crippen molar-refractivity contribution in [1.82, 2.24) is 9.97 Å². The quantitative estimate of drug-likeness (QED) is 0.856. The lowest BCUT2D eigenvalue weighted by molar-refractivity contribution is -0.144. The van der Waals surface area contributed by atoms with Crippen LogP contribution in [0.3, 0.4) is 0 Å². The predicted molar refractivity (Wildman–Crippen MR) is 64.5 cm³/mol. The van der Waals surface area contributed by atoms with Crippen molar-refractivity contribution in [1.29, 1.82) is 0 Å². The van der Waals surface area contributed by atoms with Crippen LogP contribution >= 0.6 is 0 Å². The summed E-state index contributed by atoms with van der Waals surface area (Å²) in [5.74, 6) is -0.445. The average Bonchev–Trinajstić information content (AvgIpc) is 2.34. The van der Waals surface area contributed by atoms with Crippen LogP contribution in [-0.2, 0) is 6.18 Å². The van der Waals surface area contributed by atoms with Crippen molar-refractivity contribution in [2.75, 3.05) is 24.2 Å². The summed E-state index contributed by atoms with van der Waals surface area (Å²) in [4.78, 5) is 6.85. The Labute approximate surface area is 104 Å². The number of nitrogens with zero attached hydrogens (tertiary/aromatic N) is 2. The maximum atomic E-state index is 12.6. The van der Waals surface area contributed by atoms with Gasteiger partial charge in [0.25, 0.3) is 0 Å². The van der Waals surface area contributed by atoms with Crippen LogP contribution in [0.4, 0.5) is 24.8 Å². The third-order valence-corrected chi connectivity index (χ3v) is 2.56. The standard InChI is InChI=1S/C11H17F3N4/c1-4-7(2)6-16-9-5-8(15-3)17-10(18-9)11(12,13)14/h5,7H,4,6H2,1-3H3,(H2,15,16,17,18). The Morgan fingerprint density at radius 3 is 2.39 bits per heavy atom. The summed E-state index contributed by atoms with van der Waals surface area (Å²) in [6.07, 6.45) is -3.59. The molecule has 7 heteroatoms. The fourth-order valence-corrected chi connectivity index (χ4v) is 1.22. The molecule has 2 N–H and O–H groups in total. The minimum absolute atomic E-state index is 0.143. The highest BCUT2D eigenvalue weighted by Gasteiger charge is 2.35. The highest BCUT2D eigenvalue weighted by Crippen LogP contribution is 2.28. The lowest BCUT2D eigenvalue weighted by atomic mass is 10.1. The molecule has 0 spiro atoms. The van der Waals surface area contributed by atoms with E-state index in [1.165, 1.54) is 13.1 Å². The average molecular weight is 262 g/mol. The Kier molecular flexibility index (Phi) is 4.75. The Morgan fingerprint density at radius 1 is 1.28 bits per heavy atom. The molecule has 0 amide bonds. The molecule has 1 unspecified atom stereocenters. The summed E-state index contributed by atoms with van der Waals surface area (Å²) in [5, 5.41) is 5.48. The van der Waals surface area contributed by atoms with E-state index in [-0.39, 0.29) is 11.6 Å². The molecule has 0 aliphatic carbocycles. The number of alkyl halides is 3. The number of nitrogens with one attached hydrogen (secondary N) is 2. The first-order valence-corrected chi connectivity index (χ1v) is 5.74. The van der Waals surface area contributed by atoms with Crippen LogP contribution in [0.25, 0.3) is 0 Å². The molecule has 0 fully saturated rings. The van der Waals surface area contributed by atoms with Gasteiger partial charge in [-0.25, -0.2) is 9.97 Å². The molecule has 0 saturated carbocycles. The molecular formula is C11H17F3N4. The van der Waals surface area contributed by atoms with Gasteiger partial charge in [-0.2, -0.15) is 13.2 Å². The summed E-state index contributed by atoms with van der Waals surface area (Å²) in [7, 11) is 1.51. The molecule has 0 aliphatic rings. The molecule has 1 rings (SSSR count). The van der Waals surface area contributed by atoms with Crippen LogP contribution in [-0.4, -0.2) is 23.6 Å². The van der Waals surface area contributed by atoms with E-state index in [9.17, 15) is 13.2 Å². The Balaban J connectivity index is 2.91. The molecule has 18 heavy (non-hydrogen) atoms. The van der Waals surface area contributed by atoms with Gasteiger partial charge in [-0.3, -0.25) is 0 Å². The molecule has 1 atom stereocenters. The first-order chi connectivity index (χ1) is 8.36. The zero-order chi connectivity index (χ0) is 13.8. The van der Waals surface area contributed by atoms with Gasteiger partial charge in [-0.05, 0) is 5.92 Å². The normalized spacial score (nSPS) is 13.2. The second kappa shape index (κ2) is 5.88. The van der Waals surface area contributed by atoms with Crippen LogP contribution in [0, 0.1) is 5.92 Å². The highest BCUT2D eigenvalue weighted by atomic mass is 19.4. The van der Waals surface area contributed by atoms with Gasteiger partial charge in [0.2, 0.25) is 5.82 Å². The molecule has 1 aromatic rings. The van der Waals surface area contributed by atoms with Gasteiger partial charge < -0.3 is 10.6 Å². The van der Waals surface area contributed by atoms with Crippen LogP contribution in [0.5, 0.6) is 0 Å². The van der Waals surface area contributed by atoms with E-state index in [4.69, 9.17) is 0 Å². The zero-order valence-electron chi connectivity index (χ0n) is 10.6. The summed E-state index contributed by atoms with van der Waals surface area (Å²) >= 11 is 0. The number of hydrogen-bond donors (Lipinski definition) is 2. The lowest BCUT2D eigenvalue weighted by Gasteiger charge is -2.13. The van der Waals surface area contributed by atoms with E-state index < -0.39 is 12.0 Å². The monoisotopic (exact) mass is 262 g/mol. The summed E-state index contributed by atoms with van der Waals surface area (Å²) in [6, 6.07) is 1.46. The van der Waals surface area contributed by atoms with Crippen LogP contribution in [0.1, 0.15) is 26.1 Å². The molecule has 0 aliphatic heterocycles. The molecule has 0 radical (unpaired) electrons. The van der Waals surface area contributed by atoms with Gasteiger partial charge in [-0.15, -0.1) is 0 Å². The topological polar surface area (TPSA) is 49.8 Å². The third kappa shape index (κ3) is 4.05. The highest BCUT2D eigenvalue weighted by molar-refractivity contribution is 5.47. The second-order valence-corrected chi connectivity index (χ2v) is 4.10. The zero-order valence-corrected chi connectivity index (χ0v) is 10.6. The van der Waals surface area contributed by atoms with Crippen molar-refractivity contribution in [3.63, 3.8) is 0 Å². The molecular weight excluding hydrogens is 245 g/mol. The maximum absolute atomic E-state index is 12.6. The lowest BCUT2D eigenvalue weighted by Crippen LogP contribution is -2.16. The van der Waals surface area contributed by atoms with E-state index >= 15 is 0 Å². The number of rotatable bonds is 5. The van der Waals surface area contributed by atoms with E-state index in [2.05, 4.69) is 20.6 Å². The van der Waals surface area contributed by atoms with Gasteiger partial charge in [0.1, 0.15) is 11.6 Å². The van der Waals surface area contributed by atoms with Gasteiger partial charge in [-0.1, -0.05) is 20.3 Å². The van der Waals surface area contributed by atoms with E-state index in [1.807, 2.05) is 13.8 Å². The Hall–Kier alpha value is -1.53. The molecule has 0 saturated heterocycles. The third-order valence-electron chi connectivity index (χ3n) is 2.56. The molecule has 102 valence electrons. The van der Waals surface area contributed by atoms with Crippen LogP contribution in [0.15, 0.2) is 6.07 Å². The van der Waals surface area contributed by atoms with E-state index in [0.29, 0.717) is 12.5 Å². The number of anilines is 2. The minimum atomic E-state index is -4.54. The minimum Gasteiger partial charge on any atom is -0.373 e. The smallest absolute Gasteiger partial charge is 0.373 e. The van der Waals surface area contributed by atoms with Crippen LogP contribution < -0.4 is 10.6 Å². The Morgan fingerprint density at radius 2 is 1.89 bits per heavy atom. The molecule has 4 nitrogen and oxygen atoms in total. The maximum Gasteiger partial charge on any atom is 0.451 e. The Bertz CT molecular complexity index is 392. The van der Waals surface area contributed by atoms with E-state index in [1.54, 1.807) is 0 Å². The fourth-order valence-electron chi connectivity index (χ4n) is 1.22. The number of hydrogen-bond acceptors (Lipinski definition) is 4. The number of halogens is 3. The summed E-state index contributed by atoms with van der Waals surface area (Å²) in [5.41, 5.74) is 0. The largest absolute Gasteiger partial charge is 0.451 e. The summed E-state index contributed by atoms with van der Waals surface area (Å²) < 4.78 is 37.7. The van der Waals surface area contributed by atoms with Crippen molar-refractivity contribution in [3.8, 4) is 0 Å². The van der Waals surface area contributed by atoms with Gasteiger partial charge >= 0.3 is 6.18 Å². The first kappa shape index (κ1) is 14.5. The fraction of sp³-hybridized carbons (Fsp3) is 0.636. The van der Waals surface area contributed by atoms with Gasteiger partial charge in [0, 0.05) is 19.7 Å². The summed E-state index contributed by atoms with van der Waals surface area (Å²) in [6.45, 7) is 4.61. The van der Waals surface area contributed by atoms with Crippen molar-refractivity contribution >= 4 is 11.6 Å². The van der Waals surface area contributed by atoms with E-state index in [0.717, 1.165) is 6.42 Å². The SMILES string of the molecule is CCC(C)CNc1cc(NC)nc(C(F)(F)F)n1. The number of aromatic nitrogens is 2. The molecule has 1 heterocycles. The predicted octanol–water partition coefficient (Wildman–Crippen LogP) is 3.00. The second-order valence-electron chi connectivity index (χ2n) is 4.10. The van der Waals surface area contributed by atoms with Gasteiger partial charge in [0.05, 0.1) is 0 Å².